The third-order valence-electron chi connectivity index (χ3n) is 3.48. The van der Waals surface area contributed by atoms with Gasteiger partial charge >= 0.3 is 5.97 Å². The Morgan fingerprint density at radius 3 is 3.12 bits per heavy atom. The van der Waals surface area contributed by atoms with Gasteiger partial charge in [-0.25, -0.2) is 4.79 Å². The van der Waals surface area contributed by atoms with Crippen molar-refractivity contribution in [3.05, 3.63) is 17.0 Å². The van der Waals surface area contributed by atoms with Crippen molar-refractivity contribution in [2.24, 2.45) is 5.92 Å². The fraction of sp³-hybridized carbons (Fsp3) is 0.667. The Balaban J connectivity index is 1.99. The van der Waals surface area contributed by atoms with Gasteiger partial charge in [0.15, 0.2) is 5.69 Å². The molecule has 3 rings (SSSR count). The highest BCUT2D eigenvalue weighted by molar-refractivity contribution is 5.89. The highest BCUT2D eigenvalue weighted by Crippen LogP contribution is 2.32. The Bertz CT molecular complexity index is 449. The maximum Gasteiger partial charge on any atom is 0.356 e. The van der Waals surface area contributed by atoms with Crippen molar-refractivity contribution in [3.63, 3.8) is 0 Å². The Hall–Kier alpha value is -1.36. The third-order valence-corrected chi connectivity index (χ3v) is 3.48. The van der Waals surface area contributed by atoms with E-state index in [1.54, 1.807) is 0 Å². The number of carbonyl (C=O) groups excluding carboxylic acids is 1. The van der Waals surface area contributed by atoms with E-state index in [0.717, 1.165) is 37.3 Å². The van der Waals surface area contributed by atoms with Gasteiger partial charge in [-0.1, -0.05) is 0 Å². The van der Waals surface area contributed by atoms with Gasteiger partial charge in [-0.2, -0.15) is 5.10 Å². The second kappa shape index (κ2) is 4.14. The number of fused-ring (bicyclic) bond motifs is 1. The van der Waals surface area contributed by atoms with Crippen LogP contribution >= 0.6 is 0 Å². The minimum absolute atomic E-state index is 0.261. The van der Waals surface area contributed by atoms with Crippen LogP contribution in [0.15, 0.2) is 0 Å². The van der Waals surface area contributed by atoms with Crippen LogP contribution in [0.2, 0.25) is 0 Å². The molecule has 0 amide bonds. The summed E-state index contributed by atoms with van der Waals surface area (Å²) in [4.78, 5) is 11.9. The largest absolute Gasteiger partial charge is 0.464 e. The van der Waals surface area contributed by atoms with E-state index in [4.69, 9.17) is 4.74 Å². The number of aromatic nitrogens is 2. The molecule has 2 aliphatic rings. The fourth-order valence-electron chi connectivity index (χ4n) is 2.36. The van der Waals surface area contributed by atoms with Crippen LogP contribution in [0.5, 0.6) is 0 Å². The van der Waals surface area contributed by atoms with E-state index in [1.165, 1.54) is 20.0 Å². The quantitative estimate of drug-likeness (QED) is 0.785. The summed E-state index contributed by atoms with van der Waals surface area (Å²) in [6.45, 7) is 2.52. The molecule has 17 heavy (non-hydrogen) atoms. The second-order valence-corrected chi connectivity index (χ2v) is 4.82. The molecule has 5 nitrogen and oxygen atoms in total. The highest BCUT2D eigenvalue weighted by atomic mass is 16.5. The average Bonchev–Trinajstić information content (AvgIpc) is 3.08. The molecule has 1 saturated carbocycles. The van der Waals surface area contributed by atoms with E-state index in [2.05, 4.69) is 10.4 Å². The van der Waals surface area contributed by atoms with E-state index in [0.29, 0.717) is 11.6 Å². The topological polar surface area (TPSA) is 56.1 Å². The monoisotopic (exact) mass is 235 g/mol. The molecule has 0 unspecified atom stereocenters. The summed E-state index contributed by atoms with van der Waals surface area (Å²) in [6, 6.07) is 0. The SMILES string of the molecule is COC(=O)c1c2c(nn1CC1CC1)CCNC2. The van der Waals surface area contributed by atoms with E-state index < -0.39 is 0 Å². The molecule has 0 bridgehead atoms. The van der Waals surface area contributed by atoms with Crippen molar-refractivity contribution in [1.29, 1.82) is 0 Å². The van der Waals surface area contributed by atoms with Gasteiger partial charge in [0.2, 0.25) is 0 Å². The molecule has 0 atom stereocenters. The molecule has 0 spiro atoms. The number of rotatable bonds is 3. The minimum atomic E-state index is -0.261. The third kappa shape index (κ3) is 1.95. The summed E-state index contributed by atoms with van der Waals surface area (Å²) in [7, 11) is 1.43. The van der Waals surface area contributed by atoms with Crippen LogP contribution in [0, 0.1) is 5.92 Å². The lowest BCUT2D eigenvalue weighted by Gasteiger charge is -2.12. The lowest BCUT2D eigenvalue weighted by atomic mass is 10.1. The number of hydrogen-bond donors (Lipinski definition) is 1. The van der Waals surface area contributed by atoms with Gasteiger partial charge in [-0.05, 0) is 18.8 Å². The van der Waals surface area contributed by atoms with Gasteiger partial charge in [0.05, 0.1) is 12.8 Å². The minimum Gasteiger partial charge on any atom is -0.464 e. The molecular weight excluding hydrogens is 218 g/mol. The Kier molecular flexibility index (Phi) is 2.63. The summed E-state index contributed by atoms with van der Waals surface area (Å²) >= 11 is 0. The summed E-state index contributed by atoms with van der Waals surface area (Å²) < 4.78 is 6.74. The van der Waals surface area contributed by atoms with E-state index in [-0.39, 0.29) is 5.97 Å². The van der Waals surface area contributed by atoms with Crippen molar-refractivity contribution in [3.8, 4) is 0 Å². The lowest BCUT2D eigenvalue weighted by molar-refractivity contribution is 0.0584. The maximum absolute atomic E-state index is 11.9. The van der Waals surface area contributed by atoms with Crippen LogP contribution in [-0.4, -0.2) is 29.4 Å². The maximum atomic E-state index is 11.9. The van der Waals surface area contributed by atoms with Crippen LogP contribution in [-0.2, 0) is 24.2 Å². The van der Waals surface area contributed by atoms with E-state index >= 15 is 0 Å². The number of ether oxygens (including phenoxy) is 1. The molecule has 1 fully saturated rings. The zero-order chi connectivity index (χ0) is 11.8. The molecule has 0 saturated heterocycles. The Labute approximate surface area is 100 Å². The predicted molar refractivity (Wildman–Crippen MR) is 61.7 cm³/mol. The van der Waals surface area contributed by atoms with Crippen molar-refractivity contribution < 1.29 is 9.53 Å². The molecule has 5 heteroatoms. The molecule has 1 aromatic rings. The standard InChI is InChI=1S/C12H17N3O2/c1-17-12(16)11-9-6-13-5-4-10(9)14-15(11)7-8-2-3-8/h8,13H,2-7H2,1H3. The predicted octanol–water partition coefficient (Wildman–Crippen LogP) is 0.725. The molecule has 1 aliphatic carbocycles. The first kappa shape index (κ1) is 10.8. The molecule has 0 aromatic carbocycles. The normalized spacial score (nSPS) is 18.9. The first-order chi connectivity index (χ1) is 8.29. The zero-order valence-electron chi connectivity index (χ0n) is 10.0. The molecule has 0 radical (unpaired) electrons. The molecule has 1 N–H and O–H groups in total. The van der Waals surface area contributed by atoms with Crippen LogP contribution < -0.4 is 5.32 Å². The van der Waals surface area contributed by atoms with E-state index in [1.807, 2.05) is 4.68 Å². The Morgan fingerprint density at radius 2 is 2.41 bits per heavy atom. The van der Waals surface area contributed by atoms with Crippen LogP contribution in [0.3, 0.4) is 0 Å². The van der Waals surface area contributed by atoms with Gasteiger partial charge < -0.3 is 10.1 Å². The number of carbonyl (C=O) groups is 1. The van der Waals surface area contributed by atoms with Gasteiger partial charge in [-0.3, -0.25) is 4.68 Å². The van der Waals surface area contributed by atoms with Crippen LogP contribution in [0.25, 0.3) is 0 Å². The summed E-state index contributed by atoms with van der Waals surface area (Å²) in [5, 5.41) is 7.86. The number of methoxy groups -OCH3 is 1. The van der Waals surface area contributed by atoms with Gasteiger partial charge in [0, 0.05) is 31.6 Å². The van der Waals surface area contributed by atoms with Gasteiger partial charge in [0.1, 0.15) is 0 Å². The van der Waals surface area contributed by atoms with Gasteiger partial charge in [0.25, 0.3) is 0 Å². The first-order valence-electron chi connectivity index (χ1n) is 6.17. The first-order valence-corrected chi connectivity index (χ1v) is 6.17. The molecule has 1 aromatic heterocycles. The summed E-state index contributed by atoms with van der Waals surface area (Å²) in [5.74, 6) is 0.441. The van der Waals surface area contributed by atoms with Crippen molar-refractivity contribution in [1.82, 2.24) is 15.1 Å². The zero-order valence-corrected chi connectivity index (χ0v) is 10.0. The number of nitrogens with zero attached hydrogens (tertiary/aromatic N) is 2. The average molecular weight is 235 g/mol. The Morgan fingerprint density at radius 1 is 1.59 bits per heavy atom. The molecule has 2 heterocycles. The smallest absolute Gasteiger partial charge is 0.356 e. The van der Waals surface area contributed by atoms with Crippen molar-refractivity contribution in [2.45, 2.75) is 32.4 Å². The summed E-state index contributed by atoms with van der Waals surface area (Å²) in [6.07, 6.45) is 3.41. The van der Waals surface area contributed by atoms with Crippen LogP contribution in [0.4, 0.5) is 0 Å². The molecule has 1 aliphatic heterocycles. The second-order valence-electron chi connectivity index (χ2n) is 4.82. The highest BCUT2D eigenvalue weighted by Gasteiger charge is 2.29. The van der Waals surface area contributed by atoms with E-state index in [9.17, 15) is 4.79 Å². The molecular formula is C12H17N3O2. The van der Waals surface area contributed by atoms with Gasteiger partial charge in [-0.15, -0.1) is 0 Å². The van der Waals surface area contributed by atoms with Crippen molar-refractivity contribution >= 4 is 5.97 Å². The molecule has 92 valence electrons. The number of nitrogens with one attached hydrogen (secondary N) is 1. The lowest BCUT2D eigenvalue weighted by Crippen LogP contribution is -2.24. The van der Waals surface area contributed by atoms with Crippen LogP contribution in [0.1, 0.15) is 34.6 Å². The van der Waals surface area contributed by atoms with Crippen molar-refractivity contribution in [2.75, 3.05) is 13.7 Å². The number of esters is 1. The fourth-order valence-corrected chi connectivity index (χ4v) is 2.36. The number of hydrogen-bond acceptors (Lipinski definition) is 4. The summed E-state index contributed by atoms with van der Waals surface area (Å²) in [5.41, 5.74) is 2.75.